The second kappa shape index (κ2) is 4.26. The average molecular weight is 232 g/mol. The van der Waals surface area contributed by atoms with E-state index in [9.17, 15) is 0 Å². The Morgan fingerprint density at radius 2 is 2.19 bits per heavy atom. The summed E-state index contributed by atoms with van der Waals surface area (Å²) in [5.41, 5.74) is 4.25. The van der Waals surface area contributed by atoms with Crippen LogP contribution in [0.4, 0.5) is 0 Å². The lowest BCUT2D eigenvalue weighted by molar-refractivity contribution is 1.17. The molecule has 0 saturated carbocycles. The molecule has 0 radical (unpaired) electrons. The van der Waals surface area contributed by atoms with Crippen molar-refractivity contribution in [2.24, 2.45) is 0 Å². The molecule has 2 heteroatoms. The van der Waals surface area contributed by atoms with Crippen LogP contribution in [0.1, 0.15) is 23.7 Å². The highest BCUT2D eigenvalue weighted by Gasteiger charge is 2.08. The molecule has 82 valence electrons. The van der Waals surface area contributed by atoms with E-state index in [2.05, 4.69) is 36.7 Å². The number of halogens is 1. The summed E-state index contributed by atoms with van der Waals surface area (Å²) in [6, 6.07) is 6.35. The van der Waals surface area contributed by atoms with Crippen molar-refractivity contribution in [3.8, 4) is 0 Å². The number of alkyl halides is 1. The van der Waals surface area contributed by atoms with Gasteiger partial charge < -0.3 is 0 Å². The second-order valence-electron chi connectivity index (χ2n) is 4.08. The van der Waals surface area contributed by atoms with Crippen molar-refractivity contribution >= 4 is 27.9 Å². The van der Waals surface area contributed by atoms with E-state index in [4.69, 9.17) is 11.6 Å². The minimum absolute atomic E-state index is 0.423. The first-order chi connectivity index (χ1) is 7.63. The van der Waals surface area contributed by atoms with Gasteiger partial charge in [0.1, 0.15) is 0 Å². The van der Waals surface area contributed by atoms with Crippen LogP contribution >= 0.6 is 11.6 Å². The molecular weight excluding hydrogens is 218 g/mol. The highest BCUT2D eigenvalue weighted by atomic mass is 35.5. The summed E-state index contributed by atoms with van der Waals surface area (Å²) < 4.78 is 0. The van der Waals surface area contributed by atoms with Crippen LogP contribution in [0.3, 0.4) is 0 Å². The predicted octanol–water partition coefficient (Wildman–Crippen LogP) is 4.32. The smallest absolute Gasteiger partial charge is 0.0653 e. The summed E-state index contributed by atoms with van der Waals surface area (Å²) in [7, 11) is 0. The molecule has 0 aliphatic rings. The van der Waals surface area contributed by atoms with Crippen molar-refractivity contribution in [1.29, 1.82) is 0 Å². The molecule has 0 saturated heterocycles. The average Bonchev–Trinajstić information content (AvgIpc) is 2.26. The Hall–Kier alpha value is -1.34. The molecule has 0 spiro atoms. The Labute approximate surface area is 101 Å². The summed E-state index contributed by atoms with van der Waals surface area (Å²) in [6.07, 6.45) is 1.88. The van der Waals surface area contributed by atoms with Crippen LogP contribution in [-0.2, 0) is 5.88 Å². The maximum Gasteiger partial charge on any atom is 0.0653 e. The molecule has 1 aromatic heterocycles. The highest BCUT2D eigenvalue weighted by Crippen LogP contribution is 2.27. The quantitative estimate of drug-likeness (QED) is 0.702. The summed E-state index contributed by atoms with van der Waals surface area (Å²) in [5.74, 6) is 0.423. The van der Waals surface area contributed by atoms with E-state index in [1.807, 2.05) is 13.1 Å². The first kappa shape index (κ1) is 11.2. The Kier molecular flexibility index (Phi) is 2.97. The van der Waals surface area contributed by atoms with Crippen LogP contribution in [0.2, 0.25) is 0 Å². The van der Waals surface area contributed by atoms with E-state index in [1.54, 1.807) is 0 Å². The van der Waals surface area contributed by atoms with Crippen molar-refractivity contribution in [1.82, 2.24) is 4.98 Å². The molecule has 16 heavy (non-hydrogen) atoms. The predicted molar refractivity (Wildman–Crippen MR) is 70.7 cm³/mol. The summed E-state index contributed by atoms with van der Waals surface area (Å²) >= 11 is 5.90. The molecule has 0 N–H and O–H groups in total. The number of pyridine rings is 1. The molecule has 0 aliphatic heterocycles. The lowest BCUT2D eigenvalue weighted by Gasteiger charge is -2.10. The first-order valence-corrected chi connectivity index (χ1v) is 5.77. The molecule has 0 atom stereocenters. The fourth-order valence-electron chi connectivity index (χ4n) is 1.96. The highest BCUT2D eigenvalue weighted by molar-refractivity contribution is 6.17. The largest absolute Gasteiger partial charge is 0.259 e. The van der Waals surface area contributed by atoms with Gasteiger partial charge in [-0.2, -0.15) is 0 Å². The normalized spacial score (nSPS) is 10.7. The minimum Gasteiger partial charge on any atom is -0.259 e. The monoisotopic (exact) mass is 231 g/mol. The van der Waals surface area contributed by atoms with Gasteiger partial charge in [-0.3, -0.25) is 4.98 Å². The van der Waals surface area contributed by atoms with E-state index in [1.165, 1.54) is 10.9 Å². The van der Waals surface area contributed by atoms with Gasteiger partial charge in [0.2, 0.25) is 0 Å². The third-order valence-corrected chi connectivity index (χ3v) is 2.93. The number of rotatable bonds is 2. The van der Waals surface area contributed by atoms with Crippen LogP contribution in [0, 0.1) is 6.92 Å². The SMILES string of the molecule is C=C(C)c1c(CCl)ncc2cc(C)ccc12. The van der Waals surface area contributed by atoms with Gasteiger partial charge in [0.05, 0.1) is 11.6 Å². The molecule has 2 rings (SSSR count). The zero-order valence-electron chi connectivity index (χ0n) is 9.55. The molecule has 2 aromatic rings. The Morgan fingerprint density at radius 1 is 1.44 bits per heavy atom. The van der Waals surface area contributed by atoms with E-state index in [0.29, 0.717) is 5.88 Å². The summed E-state index contributed by atoms with van der Waals surface area (Å²) in [4.78, 5) is 4.39. The molecule has 1 heterocycles. The number of allylic oxidation sites excluding steroid dienone is 1. The number of hydrogen-bond acceptors (Lipinski definition) is 1. The van der Waals surface area contributed by atoms with Gasteiger partial charge in [0.25, 0.3) is 0 Å². The second-order valence-corrected chi connectivity index (χ2v) is 4.35. The van der Waals surface area contributed by atoms with Gasteiger partial charge in [-0.05, 0) is 30.9 Å². The fourth-order valence-corrected chi connectivity index (χ4v) is 2.16. The van der Waals surface area contributed by atoms with E-state index in [-0.39, 0.29) is 0 Å². The fraction of sp³-hybridized carbons (Fsp3) is 0.214. The summed E-state index contributed by atoms with van der Waals surface area (Å²) in [5, 5.41) is 2.33. The lowest BCUT2D eigenvalue weighted by Crippen LogP contribution is -1.95. The number of hydrogen-bond donors (Lipinski definition) is 0. The molecule has 0 amide bonds. The van der Waals surface area contributed by atoms with Crippen molar-refractivity contribution in [3.05, 3.63) is 47.8 Å². The standard InChI is InChI=1S/C14H14ClN/c1-9(2)14-12-5-4-10(3)6-11(12)8-16-13(14)7-15/h4-6,8H,1,7H2,2-3H3. The number of aryl methyl sites for hydroxylation is 1. The van der Waals surface area contributed by atoms with Gasteiger partial charge in [0, 0.05) is 17.1 Å². The topological polar surface area (TPSA) is 12.9 Å². The lowest BCUT2D eigenvalue weighted by atomic mass is 9.99. The van der Waals surface area contributed by atoms with Crippen molar-refractivity contribution in [3.63, 3.8) is 0 Å². The van der Waals surface area contributed by atoms with Crippen LogP contribution in [-0.4, -0.2) is 4.98 Å². The number of aromatic nitrogens is 1. The Balaban J connectivity index is 2.84. The van der Waals surface area contributed by atoms with Crippen LogP contribution in [0.15, 0.2) is 31.0 Å². The van der Waals surface area contributed by atoms with Crippen molar-refractivity contribution in [2.45, 2.75) is 19.7 Å². The zero-order valence-corrected chi connectivity index (χ0v) is 10.3. The maximum atomic E-state index is 5.90. The molecule has 1 aromatic carbocycles. The van der Waals surface area contributed by atoms with Gasteiger partial charge in [-0.15, -0.1) is 11.6 Å². The number of benzene rings is 1. The van der Waals surface area contributed by atoms with E-state index < -0.39 is 0 Å². The Morgan fingerprint density at radius 3 is 2.81 bits per heavy atom. The molecular formula is C14H14ClN. The van der Waals surface area contributed by atoms with Crippen molar-refractivity contribution in [2.75, 3.05) is 0 Å². The minimum atomic E-state index is 0.423. The molecule has 0 unspecified atom stereocenters. The van der Waals surface area contributed by atoms with Crippen LogP contribution in [0.5, 0.6) is 0 Å². The molecule has 1 nitrogen and oxygen atoms in total. The third-order valence-electron chi connectivity index (χ3n) is 2.68. The number of fused-ring (bicyclic) bond motifs is 1. The first-order valence-electron chi connectivity index (χ1n) is 5.23. The van der Waals surface area contributed by atoms with E-state index in [0.717, 1.165) is 22.2 Å². The van der Waals surface area contributed by atoms with Gasteiger partial charge in [-0.25, -0.2) is 0 Å². The number of nitrogens with zero attached hydrogens (tertiary/aromatic N) is 1. The third kappa shape index (κ3) is 1.83. The van der Waals surface area contributed by atoms with Crippen LogP contribution < -0.4 is 0 Å². The van der Waals surface area contributed by atoms with E-state index >= 15 is 0 Å². The zero-order chi connectivity index (χ0) is 11.7. The van der Waals surface area contributed by atoms with Gasteiger partial charge >= 0.3 is 0 Å². The van der Waals surface area contributed by atoms with Crippen LogP contribution in [0.25, 0.3) is 16.3 Å². The van der Waals surface area contributed by atoms with Crippen molar-refractivity contribution < 1.29 is 0 Å². The van der Waals surface area contributed by atoms with Gasteiger partial charge in [-0.1, -0.05) is 24.3 Å². The summed E-state index contributed by atoms with van der Waals surface area (Å²) in [6.45, 7) is 8.08. The molecule has 0 fully saturated rings. The molecule has 0 aliphatic carbocycles. The Bertz CT molecular complexity index is 558. The van der Waals surface area contributed by atoms with Gasteiger partial charge in [0.15, 0.2) is 0 Å². The maximum absolute atomic E-state index is 5.90. The molecule has 0 bridgehead atoms.